The van der Waals surface area contributed by atoms with Gasteiger partial charge in [0.1, 0.15) is 6.61 Å². The molecular formula is C16H17F3N4O. The van der Waals surface area contributed by atoms with E-state index in [-0.39, 0.29) is 6.61 Å². The number of hydrogen-bond acceptors (Lipinski definition) is 5. The molecule has 1 aromatic heterocycles. The zero-order valence-electron chi connectivity index (χ0n) is 12.9. The molecule has 0 atom stereocenters. The number of nitrogens with zero attached hydrogens (tertiary/aromatic N) is 3. The predicted molar refractivity (Wildman–Crippen MR) is 82.9 cm³/mol. The minimum atomic E-state index is -4.33. The van der Waals surface area contributed by atoms with E-state index in [4.69, 9.17) is 4.74 Å². The molecule has 8 heteroatoms. The minimum absolute atomic E-state index is 0.137. The Bertz CT molecular complexity index is 670. The molecular weight excluding hydrogens is 321 g/mol. The van der Waals surface area contributed by atoms with Gasteiger partial charge in [-0.1, -0.05) is 12.1 Å². The van der Waals surface area contributed by atoms with Gasteiger partial charge in [-0.2, -0.15) is 18.2 Å². The van der Waals surface area contributed by atoms with E-state index in [1.54, 1.807) is 6.20 Å². The monoisotopic (exact) mass is 338 g/mol. The van der Waals surface area contributed by atoms with Gasteiger partial charge in [-0.15, -0.1) is 0 Å². The first-order valence-electron chi connectivity index (χ1n) is 7.59. The number of hydrogen-bond donors (Lipinski definition) is 1. The molecule has 5 nitrogen and oxygen atoms in total. The first kappa shape index (κ1) is 16.5. The number of piperazine rings is 1. The molecule has 1 fully saturated rings. The molecule has 0 saturated carbocycles. The summed E-state index contributed by atoms with van der Waals surface area (Å²) < 4.78 is 43.2. The average Bonchev–Trinajstić information content (AvgIpc) is 2.61. The predicted octanol–water partition coefficient (Wildman–Crippen LogP) is 2.48. The quantitative estimate of drug-likeness (QED) is 0.928. The summed E-state index contributed by atoms with van der Waals surface area (Å²) in [6.07, 6.45) is -1.16. The van der Waals surface area contributed by atoms with E-state index in [0.717, 1.165) is 44.1 Å². The third kappa shape index (κ3) is 4.14. The fraction of sp³-hybridized carbons (Fsp3) is 0.375. The van der Waals surface area contributed by atoms with E-state index in [9.17, 15) is 13.2 Å². The van der Waals surface area contributed by atoms with Crippen molar-refractivity contribution < 1.29 is 17.9 Å². The van der Waals surface area contributed by atoms with Crippen LogP contribution in [0.4, 0.5) is 19.0 Å². The Labute approximate surface area is 137 Å². The van der Waals surface area contributed by atoms with Crippen molar-refractivity contribution in [2.24, 2.45) is 0 Å². The maximum atomic E-state index is 12.5. The van der Waals surface area contributed by atoms with E-state index >= 15 is 0 Å². The SMILES string of the molecule is FC(F)(F)c1ccc(COc2cncc(N3CCNCC3)n2)cc1. The second-order valence-corrected chi connectivity index (χ2v) is 5.44. The molecule has 0 amide bonds. The molecule has 1 aromatic carbocycles. The molecule has 0 spiro atoms. The standard InChI is InChI=1S/C16H17F3N4O/c17-16(18,19)13-3-1-12(2-4-13)11-24-15-10-21-9-14(22-15)23-7-5-20-6-8-23/h1-4,9-10,20H,5-8,11H2. The summed E-state index contributed by atoms with van der Waals surface area (Å²) in [5.74, 6) is 1.09. The molecule has 1 N–H and O–H groups in total. The van der Waals surface area contributed by atoms with E-state index in [2.05, 4.69) is 20.2 Å². The molecule has 0 bridgehead atoms. The van der Waals surface area contributed by atoms with Gasteiger partial charge in [0.2, 0.25) is 5.88 Å². The Hall–Kier alpha value is -2.35. The first-order chi connectivity index (χ1) is 11.5. The van der Waals surface area contributed by atoms with Gasteiger partial charge in [-0.25, -0.2) is 0 Å². The van der Waals surface area contributed by atoms with Crippen molar-refractivity contribution >= 4 is 5.82 Å². The largest absolute Gasteiger partial charge is 0.472 e. The molecule has 0 radical (unpaired) electrons. The van der Waals surface area contributed by atoms with Gasteiger partial charge in [0.25, 0.3) is 0 Å². The van der Waals surface area contributed by atoms with Crippen LogP contribution in [0.3, 0.4) is 0 Å². The lowest BCUT2D eigenvalue weighted by Crippen LogP contribution is -2.43. The molecule has 2 heterocycles. The molecule has 0 unspecified atom stereocenters. The summed E-state index contributed by atoms with van der Waals surface area (Å²) in [6.45, 7) is 3.60. The molecule has 1 aliphatic rings. The highest BCUT2D eigenvalue weighted by molar-refractivity contribution is 5.38. The second-order valence-electron chi connectivity index (χ2n) is 5.44. The zero-order chi connectivity index (χ0) is 17.0. The normalized spacial score (nSPS) is 15.4. The van der Waals surface area contributed by atoms with E-state index < -0.39 is 11.7 Å². The van der Waals surface area contributed by atoms with Crippen LogP contribution in [-0.2, 0) is 12.8 Å². The van der Waals surface area contributed by atoms with Crippen LogP contribution in [0.15, 0.2) is 36.7 Å². The van der Waals surface area contributed by atoms with E-state index in [1.165, 1.54) is 18.3 Å². The number of nitrogens with one attached hydrogen (secondary N) is 1. The van der Waals surface area contributed by atoms with Crippen molar-refractivity contribution in [1.29, 1.82) is 0 Å². The van der Waals surface area contributed by atoms with Gasteiger partial charge in [0.15, 0.2) is 5.82 Å². The minimum Gasteiger partial charge on any atom is -0.472 e. The number of aromatic nitrogens is 2. The Morgan fingerprint density at radius 2 is 1.79 bits per heavy atom. The summed E-state index contributed by atoms with van der Waals surface area (Å²) >= 11 is 0. The number of ether oxygens (including phenoxy) is 1. The Balaban J connectivity index is 1.62. The van der Waals surface area contributed by atoms with Crippen LogP contribution in [0, 0.1) is 0 Å². The van der Waals surface area contributed by atoms with Crippen molar-refractivity contribution in [3.63, 3.8) is 0 Å². The highest BCUT2D eigenvalue weighted by Gasteiger charge is 2.29. The van der Waals surface area contributed by atoms with Gasteiger partial charge in [0.05, 0.1) is 18.0 Å². The number of rotatable bonds is 4. The lowest BCUT2D eigenvalue weighted by Gasteiger charge is -2.28. The highest BCUT2D eigenvalue weighted by atomic mass is 19.4. The van der Waals surface area contributed by atoms with Crippen LogP contribution in [0.5, 0.6) is 5.88 Å². The maximum Gasteiger partial charge on any atom is 0.416 e. The van der Waals surface area contributed by atoms with Crippen LogP contribution < -0.4 is 15.0 Å². The molecule has 1 saturated heterocycles. The van der Waals surface area contributed by atoms with Gasteiger partial charge in [-0.3, -0.25) is 4.98 Å². The molecule has 2 aromatic rings. The zero-order valence-corrected chi connectivity index (χ0v) is 12.9. The number of halogens is 3. The molecule has 1 aliphatic heterocycles. The summed E-state index contributed by atoms with van der Waals surface area (Å²) in [7, 11) is 0. The van der Waals surface area contributed by atoms with Crippen molar-refractivity contribution in [3.05, 3.63) is 47.8 Å². The molecule has 0 aliphatic carbocycles. The Morgan fingerprint density at radius 3 is 2.46 bits per heavy atom. The van der Waals surface area contributed by atoms with Gasteiger partial charge in [0, 0.05) is 26.2 Å². The van der Waals surface area contributed by atoms with Gasteiger partial charge in [-0.05, 0) is 17.7 Å². The van der Waals surface area contributed by atoms with Crippen molar-refractivity contribution in [2.75, 3.05) is 31.1 Å². The lowest BCUT2D eigenvalue weighted by molar-refractivity contribution is -0.137. The van der Waals surface area contributed by atoms with E-state index in [1.807, 2.05) is 0 Å². The maximum absolute atomic E-state index is 12.5. The summed E-state index contributed by atoms with van der Waals surface area (Å²) in [6, 6.07) is 4.88. The van der Waals surface area contributed by atoms with Gasteiger partial charge < -0.3 is 15.0 Å². The third-order valence-electron chi connectivity index (χ3n) is 3.71. The van der Waals surface area contributed by atoms with Crippen LogP contribution >= 0.6 is 0 Å². The second kappa shape index (κ2) is 7.04. The highest BCUT2D eigenvalue weighted by Crippen LogP contribution is 2.29. The fourth-order valence-corrected chi connectivity index (χ4v) is 2.40. The van der Waals surface area contributed by atoms with Crippen LogP contribution in [0.25, 0.3) is 0 Å². The Kier molecular flexibility index (Phi) is 4.84. The number of anilines is 1. The molecule has 24 heavy (non-hydrogen) atoms. The van der Waals surface area contributed by atoms with Crippen molar-refractivity contribution in [1.82, 2.24) is 15.3 Å². The summed E-state index contributed by atoms with van der Waals surface area (Å²) in [4.78, 5) is 10.6. The molecule has 3 rings (SSSR count). The smallest absolute Gasteiger partial charge is 0.416 e. The number of alkyl halides is 3. The van der Waals surface area contributed by atoms with Crippen molar-refractivity contribution in [3.8, 4) is 5.88 Å². The third-order valence-corrected chi connectivity index (χ3v) is 3.71. The Morgan fingerprint density at radius 1 is 1.08 bits per heavy atom. The summed E-state index contributed by atoms with van der Waals surface area (Å²) in [5.41, 5.74) is -0.0378. The topological polar surface area (TPSA) is 50.3 Å². The van der Waals surface area contributed by atoms with Crippen LogP contribution in [0.1, 0.15) is 11.1 Å². The van der Waals surface area contributed by atoms with E-state index in [0.29, 0.717) is 11.4 Å². The number of benzene rings is 1. The van der Waals surface area contributed by atoms with Crippen LogP contribution in [0.2, 0.25) is 0 Å². The molecule has 128 valence electrons. The van der Waals surface area contributed by atoms with Crippen LogP contribution in [-0.4, -0.2) is 36.1 Å². The summed E-state index contributed by atoms with van der Waals surface area (Å²) in [5, 5.41) is 3.26. The fourth-order valence-electron chi connectivity index (χ4n) is 2.40. The van der Waals surface area contributed by atoms with Gasteiger partial charge >= 0.3 is 6.18 Å². The lowest BCUT2D eigenvalue weighted by atomic mass is 10.1. The first-order valence-corrected chi connectivity index (χ1v) is 7.59. The average molecular weight is 338 g/mol. The van der Waals surface area contributed by atoms with Crippen molar-refractivity contribution in [2.45, 2.75) is 12.8 Å².